The fourth-order valence-electron chi connectivity index (χ4n) is 3.69. The van der Waals surface area contributed by atoms with Gasteiger partial charge in [-0.2, -0.15) is 0 Å². The van der Waals surface area contributed by atoms with Gasteiger partial charge in [-0.15, -0.1) is 0 Å². The van der Waals surface area contributed by atoms with Gasteiger partial charge in [-0.1, -0.05) is 58.3 Å². The topological polar surface area (TPSA) is 151 Å². The van der Waals surface area contributed by atoms with E-state index in [0.717, 1.165) is 12.8 Å². The summed E-state index contributed by atoms with van der Waals surface area (Å²) in [5.74, 6) is -1.34. The molecule has 42 heavy (non-hydrogen) atoms. The molecule has 0 fully saturated rings. The normalized spacial score (nSPS) is 11.9. The van der Waals surface area contributed by atoms with E-state index in [1.54, 1.807) is 0 Å². The molecule has 248 valence electrons. The van der Waals surface area contributed by atoms with Crippen molar-refractivity contribution >= 4 is 17.8 Å². The molecule has 0 heterocycles. The number of carboxylic acid groups (broad SMARTS) is 1. The van der Waals surface area contributed by atoms with E-state index in [4.69, 9.17) is 33.5 Å². The molecule has 1 atom stereocenters. The molecular formula is C30H58N2O10. The van der Waals surface area contributed by atoms with E-state index >= 15 is 0 Å². The summed E-state index contributed by atoms with van der Waals surface area (Å²) in [7, 11) is 0. The minimum Gasteiger partial charge on any atom is -0.480 e. The summed E-state index contributed by atoms with van der Waals surface area (Å²) in [4.78, 5) is 34.0. The van der Waals surface area contributed by atoms with E-state index in [9.17, 15) is 14.4 Å². The van der Waals surface area contributed by atoms with Gasteiger partial charge in [-0.05, 0) is 13.3 Å². The molecular weight excluding hydrogens is 548 g/mol. The number of unbranched alkanes of at least 4 members (excludes halogenated alkanes) is 8. The minimum atomic E-state index is -1.08. The van der Waals surface area contributed by atoms with E-state index in [1.165, 1.54) is 51.9 Å². The second kappa shape index (κ2) is 32.1. The van der Waals surface area contributed by atoms with Gasteiger partial charge in [-0.3, -0.25) is 14.4 Å². The number of hydrogen-bond acceptors (Lipinski definition) is 9. The Morgan fingerprint density at radius 3 is 1.40 bits per heavy atom. The lowest BCUT2D eigenvalue weighted by atomic mass is 10.1. The predicted octanol–water partition coefficient (Wildman–Crippen LogP) is 3.10. The van der Waals surface area contributed by atoms with Crippen molar-refractivity contribution in [1.82, 2.24) is 10.6 Å². The zero-order valence-corrected chi connectivity index (χ0v) is 26.2. The number of carboxylic acids is 1. The van der Waals surface area contributed by atoms with Gasteiger partial charge in [0.25, 0.3) is 0 Å². The maximum atomic E-state index is 11.8. The molecule has 0 saturated carbocycles. The molecule has 0 spiro atoms. The monoisotopic (exact) mass is 606 g/mol. The van der Waals surface area contributed by atoms with Gasteiger partial charge in [0.2, 0.25) is 11.8 Å². The van der Waals surface area contributed by atoms with Crippen molar-refractivity contribution in [2.75, 3.05) is 85.8 Å². The average Bonchev–Trinajstić information content (AvgIpc) is 2.97. The highest BCUT2D eigenvalue weighted by Gasteiger charge is 2.13. The first-order chi connectivity index (χ1) is 20.5. The third kappa shape index (κ3) is 31.1. The molecule has 0 bridgehead atoms. The molecule has 2 amide bonds. The Morgan fingerprint density at radius 2 is 0.952 bits per heavy atom. The number of ether oxygens (including phenoxy) is 6. The number of aliphatic carboxylic acids is 1. The lowest BCUT2D eigenvalue weighted by Crippen LogP contribution is -2.38. The van der Waals surface area contributed by atoms with Gasteiger partial charge in [-0.25, -0.2) is 0 Å². The molecule has 0 aliphatic carbocycles. The van der Waals surface area contributed by atoms with Crippen molar-refractivity contribution in [2.24, 2.45) is 0 Å². The molecule has 0 aromatic heterocycles. The summed E-state index contributed by atoms with van der Waals surface area (Å²) in [6, 6.07) is -0.915. The molecule has 0 rings (SSSR count). The van der Waals surface area contributed by atoms with E-state index in [1.807, 2.05) is 0 Å². The van der Waals surface area contributed by atoms with Crippen LogP contribution >= 0.6 is 0 Å². The summed E-state index contributed by atoms with van der Waals surface area (Å²) in [5, 5.41) is 14.0. The van der Waals surface area contributed by atoms with Gasteiger partial charge in [0.15, 0.2) is 0 Å². The molecule has 3 N–H and O–H groups in total. The number of carbonyl (C=O) groups excluding carboxylic acids is 2. The molecule has 0 aliphatic heterocycles. The summed E-state index contributed by atoms with van der Waals surface area (Å²) in [6.45, 7) is 9.23. The first kappa shape index (κ1) is 40.2. The molecule has 12 nitrogen and oxygen atoms in total. The molecule has 0 radical (unpaired) electrons. The Morgan fingerprint density at radius 1 is 0.548 bits per heavy atom. The van der Waals surface area contributed by atoms with Crippen LogP contribution in [0.5, 0.6) is 0 Å². The van der Waals surface area contributed by atoms with Gasteiger partial charge in [0, 0.05) is 19.4 Å². The maximum absolute atomic E-state index is 11.8. The third-order valence-electron chi connectivity index (χ3n) is 6.16. The fraction of sp³-hybridized carbons (Fsp3) is 0.900. The van der Waals surface area contributed by atoms with Crippen LogP contribution in [0.4, 0.5) is 0 Å². The van der Waals surface area contributed by atoms with E-state index in [2.05, 4.69) is 17.6 Å². The van der Waals surface area contributed by atoms with Crippen molar-refractivity contribution in [2.45, 2.75) is 90.5 Å². The molecule has 0 unspecified atom stereocenters. The number of rotatable bonds is 33. The minimum absolute atomic E-state index is 0.0972. The van der Waals surface area contributed by atoms with Crippen LogP contribution in [0.1, 0.15) is 84.5 Å². The Labute approximate surface area is 252 Å². The van der Waals surface area contributed by atoms with E-state index < -0.39 is 12.0 Å². The van der Waals surface area contributed by atoms with Crippen LogP contribution in [0.3, 0.4) is 0 Å². The lowest BCUT2D eigenvalue weighted by Gasteiger charge is -2.10. The first-order valence-electron chi connectivity index (χ1n) is 15.7. The number of nitrogens with one attached hydrogen (secondary N) is 2. The summed E-state index contributed by atoms with van der Waals surface area (Å²) in [6.07, 6.45) is 11.9. The van der Waals surface area contributed by atoms with Crippen LogP contribution in [-0.4, -0.2) is 115 Å². The molecule has 12 heteroatoms. The van der Waals surface area contributed by atoms with Gasteiger partial charge >= 0.3 is 5.97 Å². The predicted molar refractivity (Wildman–Crippen MR) is 160 cm³/mol. The van der Waals surface area contributed by atoms with Gasteiger partial charge < -0.3 is 44.2 Å². The third-order valence-corrected chi connectivity index (χ3v) is 6.16. The van der Waals surface area contributed by atoms with Crippen LogP contribution in [0.25, 0.3) is 0 Å². The summed E-state index contributed by atoms with van der Waals surface area (Å²) in [5.41, 5.74) is 0. The second-order valence-corrected chi connectivity index (χ2v) is 9.98. The number of amides is 2. The van der Waals surface area contributed by atoms with Crippen LogP contribution in [0.15, 0.2) is 0 Å². The maximum Gasteiger partial charge on any atom is 0.325 e. The van der Waals surface area contributed by atoms with Gasteiger partial charge in [0.1, 0.15) is 6.04 Å². The van der Waals surface area contributed by atoms with Crippen LogP contribution in [0, 0.1) is 0 Å². The fourth-order valence-corrected chi connectivity index (χ4v) is 3.69. The standard InChI is InChI=1S/C30H58N2O10/c1-3-4-5-6-7-8-9-10-11-12-28(33)31-14-16-38-18-20-40-22-24-42-26-25-41-23-21-39-19-17-37-15-13-29(34)32-27(2)30(35)36/h27H,3-26H2,1-2H3,(H,31,33)(H,32,34)(H,35,36)/t27-/m0/s1. The Kier molecular flexibility index (Phi) is 30.7. The first-order valence-corrected chi connectivity index (χ1v) is 15.7. The van der Waals surface area contributed by atoms with Crippen molar-refractivity contribution in [3.63, 3.8) is 0 Å². The highest BCUT2D eigenvalue weighted by molar-refractivity contribution is 5.83. The van der Waals surface area contributed by atoms with Crippen molar-refractivity contribution in [3.05, 3.63) is 0 Å². The largest absolute Gasteiger partial charge is 0.480 e. The Hall–Kier alpha value is -1.83. The summed E-state index contributed by atoms with van der Waals surface area (Å²) < 4.78 is 32.4. The zero-order valence-electron chi connectivity index (χ0n) is 26.2. The van der Waals surface area contributed by atoms with Crippen LogP contribution in [-0.2, 0) is 42.8 Å². The SMILES string of the molecule is CCCCCCCCCCCC(=O)NCCOCCOCCOCCOCCOCCOCCC(=O)N[C@@H](C)C(=O)O. The van der Waals surface area contributed by atoms with Crippen molar-refractivity contribution in [3.8, 4) is 0 Å². The summed E-state index contributed by atoms with van der Waals surface area (Å²) >= 11 is 0. The molecule has 0 aliphatic rings. The molecule has 0 saturated heterocycles. The quantitative estimate of drug-likeness (QED) is 0.0951. The zero-order chi connectivity index (χ0) is 30.9. The highest BCUT2D eigenvalue weighted by atomic mass is 16.6. The van der Waals surface area contributed by atoms with E-state index in [0.29, 0.717) is 85.6 Å². The van der Waals surface area contributed by atoms with Crippen molar-refractivity contribution < 1.29 is 47.9 Å². The van der Waals surface area contributed by atoms with Crippen LogP contribution in [0.2, 0.25) is 0 Å². The number of carbonyl (C=O) groups is 3. The van der Waals surface area contributed by atoms with Crippen molar-refractivity contribution in [1.29, 1.82) is 0 Å². The van der Waals surface area contributed by atoms with Crippen LogP contribution < -0.4 is 10.6 Å². The molecule has 0 aromatic carbocycles. The lowest BCUT2D eigenvalue weighted by molar-refractivity contribution is -0.141. The number of hydrogen-bond donors (Lipinski definition) is 3. The average molecular weight is 607 g/mol. The Bertz CT molecular complexity index is 639. The smallest absolute Gasteiger partial charge is 0.325 e. The highest BCUT2D eigenvalue weighted by Crippen LogP contribution is 2.10. The van der Waals surface area contributed by atoms with Gasteiger partial charge in [0.05, 0.1) is 79.3 Å². The molecule has 0 aromatic rings. The Balaban J connectivity index is 3.20. The second-order valence-electron chi connectivity index (χ2n) is 9.98. The van der Waals surface area contributed by atoms with E-state index in [-0.39, 0.29) is 24.8 Å².